The molecule has 0 amide bonds. The summed E-state index contributed by atoms with van der Waals surface area (Å²) >= 11 is 6.33. The molecule has 3 rings (SSSR count). The van der Waals surface area contributed by atoms with Gasteiger partial charge in [-0.15, -0.1) is 0 Å². The van der Waals surface area contributed by atoms with E-state index in [4.69, 9.17) is 25.8 Å². The Balaban J connectivity index is 1.94. The van der Waals surface area contributed by atoms with Crippen LogP contribution in [0.15, 0.2) is 47.1 Å². The largest absolute Gasteiger partial charge is 0.493 e. The third-order valence-electron chi connectivity index (χ3n) is 3.89. The fraction of sp³-hybridized carbons (Fsp3) is 0.238. The van der Waals surface area contributed by atoms with Gasteiger partial charge in [-0.25, -0.2) is 9.79 Å². The first-order valence-corrected chi connectivity index (χ1v) is 8.99. The molecule has 1 aliphatic heterocycles. The molecule has 0 spiro atoms. The number of ether oxygens (including phenoxy) is 3. The van der Waals surface area contributed by atoms with E-state index in [1.807, 2.05) is 38.1 Å². The predicted molar refractivity (Wildman–Crippen MR) is 106 cm³/mol. The molecule has 0 N–H and O–H groups in total. The topological polar surface area (TPSA) is 57.1 Å². The van der Waals surface area contributed by atoms with Crippen LogP contribution < -0.4 is 9.47 Å². The van der Waals surface area contributed by atoms with E-state index in [9.17, 15) is 4.79 Å². The van der Waals surface area contributed by atoms with Crippen LogP contribution in [0.3, 0.4) is 0 Å². The van der Waals surface area contributed by atoms with Gasteiger partial charge in [-0.05, 0) is 49.2 Å². The molecule has 0 unspecified atom stereocenters. The van der Waals surface area contributed by atoms with Crippen LogP contribution in [0.4, 0.5) is 0 Å². The number of cyclic esters (lactones) is 1. The second-order valence-corrected chi connectivity index (χ2v) is 6.50. The molecule has 1 heterocycles. The van der Waals surface area contributed by atoms with Gasteiger partial charge in [0.1, 0.15) is 0 Å². The molecule has 0 fully saturated rings. The van der Waals surface area contributed by atoms with E-state index < -0.39 is 5.97 Å². The smallest absolute Gasteiger partial charge is 0.363 e. The number of halogens is 1. The lowest BCUT2D eigenvalue weighted by Gasteiger charge is -2.12. The van der Waals surface area contributed by atoms with Gasteiger partial charge in [0.2, 0.25) is 5.90 Å². The van der Waals surface area contributed by atoms with Gasteiger partial charge in [-0.3, -0.25) is 0 Å². The van der Waals surface area contributed by atoms with Crippen molar-refractivity contribution in [1.29, 1.82) is 0 Å². The quantitative estimate of drug-likeness (QED) is 0.530. The Labute approximate surface area is 163 Å². The molecule has 140 valence electrons. The van der Waals surface area contributed by atoms with Crippen molar-refractivity contribution in [3.63, 3.8) is 0 Å². The van der Waals surface area contributed by atoms with Crippen molar-refractivity contribution >= 4 is 29.5 Å². The summed E-state index contributed by atoms with van der Waals surface area (Å²) in [6, 6.07) is 11.1. The van der Waals surface area contributed by atoms with Gasteiger partial charge in [0.05, 0.1) is 18.7 Å². The fourth-order valence-corrected chi connectivity index (χ4v) is 2.91. The zero-order valence-corrected chi connectivity index (χ0v) is 16.2. The first kappa shape index (κ1) is 19.0. The van der Waals surface area contributed by atoms with Crippen LogP contribution in [-0.2, 0) is 9.53 Å². The summed E-state index contributed by atoms with van der Waals surface area (Å²) in [5, 5.41) is 0.406. The summed E-state index contributed by atoms with van der Waals surface area (Å²) in [4.78, 5) is 16.5. The number of hydrogen-bond acceptors (Lipinski definition) is 5. The number of benzene rings is 2. The monoisotopic (exact) mass is 385 g/mol. The third kappa shape index (κ3) is 4.31. The Morgan fingerprint density at radius 1 is 1.26 bits per heavy atom. The summed E-state index contributed by atoms with van der Waals surface area (Å²) < 4.78 is 16.3. The number of hydrogen-bond donors (Lipinski definition) is 0. The molecule has 1 aliphatic rings. The maximum Gasteiger partial charge on any atom is 0.363 e. The molecule has 0 aliphatic carbocycles. The normalized spacial score (nSPS) is 14.9. The van der Waals surface area contributed by atoms with Crippen molar-refractivity contribution in [1.82, 2.24) is 0 Å². The molecular weight excluding hydrogens is 366 g/mol. The molecule has 0 saturated carbocycles. The van der Waals surface area contributed by atoms with E-state index in [2.05, 4.69) is 4.99 Å². The van der Waals surface area contributed by atoms with Gasteiger partial charge in [0, 0.05) is 5.56 Å². The lowest BCUT2D eigenvalue weighted by Crippen LogP contribution is -2.05. The van der Waals surface area contributed by atoms with E-state index in [0.29, 0.717) is 28.7 Å². The van der Waals surface area contributed by atoms with Crippen LogP contribution in [0.2, 0.25) is 5.02 Å². The minimum absolute atomic E-state index is 0.201. The summed E-state index contributed by atoms with van der Waals surface area (Å²) in [7, 11) is 1.54. The van der Waals surface area contributed by atoms with Crippen LogP contribution in [0.25, 0.3) is 6.08 Å². The first-order valence-electron chi connectivity index (χ1n) is 8.61. The lowest BCUT2D eigenvalue weighted by atomic mass is 10.1. The second kappa shape index (κ2) is 8.27. The van der Waals surface area contributed by atoms with Gasteiger partial charge in [0.25, 0.3) is 0 Å². The van der Waals surface area contributed by atoms with Crippen molar-refractivity contribution in [2.24, 2.45) is 4.99 Å². The van der Waals surface area contributed by atoms with Gasteiger partial charge in [-0.2, -0.15) is 0 Å². The predicted octanol–water partition coefficient (Wildman–Crippen LogP) is 4.79. The number of aliphatic imine (C=N–C) groups is 1. The lowest BCUT2D eigenvalue weighted by molar-refractivity contribution is -0.129. The average Bonchev–Trinajstić information content (AvgIpc) is 3.01. The highest BCUT2D eigenvalue weighted by Crippen LogP contribution is 2.37. The summed E-state index contributed by atoms with van der Waals surface area (Å²) in [5.74, 6) is 0.766. The van der Waals surface area contributed by atoms with E-state index in [1.54, 1.807) is 25.3 Å². The highest BCUT2D eigenvalue weighted by atomic mass is 35.5. The zero-order valence-electron chi connectivity index (χ0n) is 15.4. The van der Waals surface area contributed by atoms with Crippen LogP contribution in [0.1, 0.15) is 30.0 Å². The Kier molecular flexibility index (Phi) is 5.81. The van der Waals surface area contributed by atoms with E-state index in [1.165, 1.54) is 0 Å². The highest BCUT2D eigenvalue weighted by Gasteiger charge is 2.24. The fourth-order valence-electron chi connectivity index (χ4n) is 2.64. The number of aryl methyl sites for hydroxylation is 1. The number of carbonyl (C=O) groups is 1. The van der Waals surface area contributed by atoms with Crippen molar-refractivity contribution in [3.05, 3.63) is 63.8 Å². The Bertz CT molecular complexity index is 934. The Hall–Kier alpha value is -2.79. The first-order chi connectivity index (χ1) is 13.0. The number of rotatable bonds is 6. The molecule has 27 heavy (non-hydrogen) atoms. The molecule has 6 heteroatoms. The number of methoxy groups -OCH3 is 1. The van der Waals surface area contributed by atoms with Crippen LogP contribution >= 0.6 is 11.6 Å². The van der Waals surface area contributed by atoms with Crippen molar-refractivity contribution in [2.45, 2.75) is 20.3 Å². The molecule has 5 nitrogen and oxygen atoms in total. The average molecular weight is 386 g/mol. The molecule has 0 atom stereocenters. The minimum atomic E-state index is -0.507. The van der Waals surface area contributed by atoms with E-state index in [0.717, 1.165) is 17.5 Å². The molecule has 0 bridgehead atoms. The summed E-state index contributed by atoms with van der Waals surface area (Å²) in [5.41, 5.74) is 2.68. The van der Waals surface area contributed by atoms with Gasteiger partial charge in [-0.1, -0.05) is 36.2 Å². The summed E-state index contributed by atoms with van der Waals surface area (Å²) in [6.07, 6.45) is 2.47. The van der Waals surface area contributed by atoms with Crippen LogP contribution in [0, 0.1) is 6.92 Å². The molecule has 0 radical (unpaired) electrons. The van der Waals surface area contributed by atoms with Gasteiger partial charge >= 0.3 is 5.97 Å². The molecule has 0 saturated heterocycles. The standard InChI is InChI=1S/C21H20ClNO4/c1-4-8-26-19-16(22)10-14(12-18(19)25-3)11-17-21(24)27-20(23-17)15-7-5-6-13(2)9-15/h5-7,9-12H,4,8H2,1-3H3/b17-11-. The van der Waals surface area contributed by atoms with Gasteiger partial charge < -0.3 is 14.2 Å². The molecule has 2 aromatic rings. The minimum Gasteiger partial charge on any atom is -0.493 e. The Morgan fingerprint density at radius 3 is 2.78 bits per heavy atom. The van der Waals surface area contributed by atoms with E-state index in [-0.39, 0.29) is 11.6 Å². The third-order valence-corrected chi connectivity index (χ3v) is 4.17. The summed E-state index contributed by atoms with van der Waals surface area (Å²) in [6.45, 7) is 4.51. The second-order valence-electron chi connectivity index (χ2n) is 6.09. The number of esters is 1. The van der Waals surface area contributed by atoms with E-state index >= 15 is 0 Å². The van der Waals surface area contributed by atoms with Crippen molar-refractivity contribution in [3.8, 4) is 11.5 Å². The van der Waals surface area contributed by atoms with Crippen molar-refractivity contribution < 1.29 is 19.0 Å². The van der Waals surface area contributed by atoms with Gasteiger partial charge in [0.15, 0.2) is 17.2 Å². The maximum atomic E-state index is 12.2. The number of carbonyl (C=O) groups excluding carboxylic acids is 1. The van der Waals surface area contributed by atoms with Crippen molar-refractivity contribution in [2.75, 3.05) is 13.7 Å². The number of nitrogens with zero attached hydrogens (tertiary/aromatic N) is 1. The molecule has 0 aromatic heterocycles. The van der Waals surface area contributed by atoms with Crippen LogP contribution in [-0.4, -0.2) is 25.6 Å². The van der Waals surface area contributed by atoms with Crippen LogP contribution in [0.5, 0.6) is 11.5 Å². The molecule has 2 aromatic carbocycles. The molecular formula is C21H20ClNO4. The SMILES string of the molecule is CCCOc1c(Cl)cc(/C=C2\N=C(c3cccc(C)c3)OC2=O)cc1OC. The maximum absolute atomic E-state index is 12.2. The zero-order chi connectivity index (χ0) is 19.4. The highest BCUT2D eigenvalue weighted by molar-refractivity contribution is 6.32. The Morgan fingerprint density at radius 2 is 2.07 bits per heavy atom.